The van der Waals surface area contributed by atoms with Gasteiger partial charge in [-0.2, -0.15) is 4.98 Å². The molecule has 1 aromatic carbocycles. The van der Waals surface area contributed by atoms with Crippen molar-refractivity contribution < 1.29 is 9.50 Å². The molecule has 1 aliphatic rings. The first kappa shape index (κ1) is 21.9. The van der Waals surface area contributed by atoms with E-state index in [0.29, 0.717) is 46.9 Å². The molecule has 3 N–H and O–H groups in total. The number of aromatic nitrogens is 5. The molecule has 4 aromatic rings. The van der Waals surface area contributed by atoms with E-state index in [1.807, 2.05) is 6.07 Å². The summed E-state index contributed by atoms with van der Waals surface area (Å²) < 4.78 is 17.5. The van der Waals surface area contributed by atoms with Crippen LogP contribution in [-0.2, 0) is 25.2 Å². The molecule has 0 bridgehead atoms. The molecule has 0 spiro atoms. The highest BCUT2D eigenvalue weighted by Crippen LogP contribution is 2.26. The molecule has 0 saturated heterocycles. The predicted molar refractivity (Wildman–Crippen MR) is 127 cm³/mol. The fourth-order valence-corrected chi connectivity index (χ4v) is 4.06. The third-order valence-corrected chi connectivity index (χ3v) is 5.72. The lowest BCUT2D eigenvalue weighted by atomic mass is 10.1. The Morgan fingerprint density at radius 1 is 1.29 bits per heavy atom. The number of hydrogen-bond donors (Lipinski definition) is 3. The number of allylic oxidation sites excluding steroid dienone is 1. The zero-order valence-corrected chi connectivity index (χ0v) is 18.8. The minimum Gasteiger partial charge on any atom is -0.384 e. The van der Waals surface area contributed by atoms with Gasteiger partial charge >= 0.3 is 0 Å². The van der Waals surface area contributed by atoms with E-state index in [-0.39, 0.29) is 23.9 Å². The normalized spacial score (nSPS) is 13.3. The van der Waals surface area contributed by atoms with Crippen LogP contribution < -0.4 is 16.2 Å². The highest BCUT2D eigenvalue weighted by molar-refractivity contribution is 5.77. The summed E-state index contributed by atoms with van der Waals surface area (Å²) in [6.07, 6.45) is 3.04. The summed E-state index contributed by atoms with van der Waals surface area (Å²) in [6.45, 7) is 8.34. The topological polar surface area (TPSA) is 110 Å². The lowest BCUT2D eigenvalue weighted by Gasteiger charge is -2.18. The van der Waals surface area contributed by atoms with Crippen molar-refractivity contribution in [2.75, 3.05) is 5.32 Å². The van der Waals surface area contributed by atoms with Crippen molar-refractivity contribution in [3.05, 3.63) is 82.2 Å². The molecule has 0 fully saturated rings. The highest BCUT2D eigenvalue weighted by atomic mass is 19.1. The van der Waals surface area contributed by atoms with Crippen molar-refractivity contribution >= 4 is 22.7 Å². The van der Waals surface area contributed by atoms with Gasteiger partial charge in [-0.05, 0) is 43.7 Å². The van der Waals surface area contributed by atoms with E-state index in [4.69, 9.17) is 0 Å². The Morgan fingerprint density at radius 2 is 2.12 bits per heavy atom. The quantitative estimate of drug-likeness (QED) is 0.379. The van der Waals surface area contributed by atoms with Gasteiger partial charge in [-0.25, -0.2) is 23.7 Å². The maximum atomic E-state index is 14.5. The summed E-state index contributed by atoms with van der Waals surface area (Å²) in [7, 11) is 0. The lowest BCUT2D eigenvalue weighted by molar-refractivity contribution is 0.0738. The maximum absolute atomic E-state index is 14.5. The van der Waals surface area contributed by atoms with E-state index >= 15 is 0 Å². The van der Waals surface area contributed by atoms with Gasteiger partial charge in [0.25, 0.3) is 5.56 Å². The van der Waals surface area contributed by atoms with Gasteiger partial charge in [-0.3, -0.25) is 4.79 Å². The van der Waals surface area contributed by atoms with E-state index in [1.54, 1.807) is 42.8 Å². The van der Waals surface area contributed by atoms with Gasteiger partial charge in [0.2, 0.25) is 5.95 Å². The SMILES string of the molecule is C=CCn1c(=O)c2cnc(Nc3cc(F)c4c(c3)CNC4)nc2n1-c1cccc(C(C)(C)O)n1. The van der Waals surface area contributed by atoms with Crippen molar-refractivity contribution in [2.24, 2.45) is 0 Å². The Labute approximate surface area is 194 Å². The molecular formula is C24H24FN7O2. The molecule has 0 amide bonds. The van der Waals surface area contributed by atoms with Gasteiger partial charge in [0.1, 0.15) is 16.8 Å². The first-order valence-electron chi connectivity index (χ1n) is 10.8. The molecule has 174 valence electrons. The Bertz CT molecular complexity index is 1480. The number of rotatable bonds is 6. The fourth-order valence-electron chi connectivity index (χ4n) is 4.06. The molecule has 10 heteroatoms. The summed E-state index contributed by atoms with van der Waals surface area (Å²) in [5.41, 5.74) is 1.36. The monoisotopic (exact) mass is 461 g/mol. The van der Waals surface area contributed by atoms with Gasteiger partial charge in [0, 0.05) is 30.5 Å². The molecule has 0 radical (unpaired) electrons. The molecular weight excluding hydrogens is 437 g/mol. The van der Waals surface area contributed by atoms with Gasteiger partial charge in [0.05, 0.1) is 12.2 Å². The maximum Gasteiger partial charge on any atom is 0.278 e. The van der Waals surface area contributed by atoms with Crippen LogP contribution in [0.3, 0.4) is 0 Å². The van der Waals surface area contributed by atoms with E-state index in [0.717, 1.165) is 5.56 Å². The number of pyridine rings is 1. The number of fused-ring (bicyclic) bond motifs is 2. The van der Waals surface area contributed by atoms with Crippen molar-refractivity contribution in [3.8, 4) is 5.82 Å². The standard InChI is InChI=1S/C24H24FN7O2/c1-4-8-31-22(33)17-13-27-23(28-15-9-14-11-26-12-16(14)18(25)10-15)30-21(17)32(31)20-7-5-6-19(29-20)24(2,3)34/h4-7,9-10,13,26,34H,1,8,11-12H2,2-3H3,(H,27,28,30). The van der Waals surface area contributed by atoms with Crippen LogP contribution in [0.4, 0.5) is 16.0 Å². The molecule has 0 atom stereocenters. The van der Waals surface area contributed by atoms with E-state index in [1.165, 1.54) is 16.9 Å². The second-order valence-corrected chi connectivity index (χ2v) is 8.68. The van der Waals surface area contributed by atoms with Crippen molar-refractivity contribution in [1.29, 1.82) is 0 Å². The van der Waals surface area contributed by atoms with Crippen LogP contribution in [-0.4, -0.2) is 29.4 Å². The first-order chi connectivity index (χ1) is 16.3. The van der Waals surface area contributed by atoms with Crippen LogP contribution >= 0.6 is 0 Å². The number of nitrogens with one attached hydrogen (secondary N) is 2. The third kappa shape index (κ3) is 3.76. The average Bonchev–Trinajstić information content (AvgIpc) is 3.37. The molecule has 34 heavy (non-hydrogen) atoms. The van der Waals surface area contributed by atoms with Crippen molar-refractivity contribution in [2.45, 2.75) is 39.1 Å². The van der Waals surface area contributed by atoms with E-state index in [9.17, 15) is 14.3 Å². The van der Waals surface area contributed by atoms with Crippen LogP contribution in [0.5, 0.6) is 0 Å². The molecule has 1 aliphatic heterocycles. The Morgan fingerprint density at radius 3 is 2.88 bits per heavy atom. The first-order valence-corrected chi connectivity index (χ1v) is 10.8. The number of anilines is 2. The molecule has 0 unspecified atom stereocenters. The molecule has 3 aromatic heterocycles. The summed E-state index contributed by atoms with van der Waals surface area (Å²) >= 11 is 0. The van der Waals surface area contributed by atoms with Crippen LogP contribution in [0.15, 0.2) is 54.0 Å². The zero-order chi connectivity index (χ0) is 24.0. The van der Waals surface area contributed by atoms with Gasteiger partial charge in [-0.15, -0.1) is 6.58 Å². The minimum atomic E-state index is -1.17. The molecule has 9 nitrogen and oxygen atoms in total. The Hall–Kier alpha value is -3.89. The largest absolute Gasteiger partial charge is 0.384 e. The number of halogens is 1. The number of aliphatic hydroxyl groups is 1. The molecule has 5 rings (SSSR count). The predicted octanol–water partition coefficient (Wildman–Crippen LogP) is 2.88. The van der Waals surface area contributed by atoms with E-state index < -0.39 is 5.60 Å². The molecule has 0 saturated carbocycles. The Kier molecular flexibility index (Phi) is 5.26. The second kappa shape index (κ2) is 8.15. The number of benzene rings is 1. The number of hydrogen-bond acceptors (Lipinski definition) is 7. The van der Waals surface area contributed by atoms with Crippen LogP contribution in [0.25, 0.3) is 16.9 Å². The summed E-state index contributed by atoms with van der Waals surface area (Å²) in [4.78, 5) is 26.5. The minimum absolute atomic E-state index is 0.209. The molecule has 0 aliphatic carbocycles. The van der Waals surface area contributed by atoms with E-state index in [2.05, 4.69) is 32.2 Å². The van der Waals surface area contributed by atoms with Gasteiger partial charge in [-0.1, -0.05) is 12.1 Å². The van der Waals surface area contributed by atoms with Crippen molar-refractivity contribution in [3.63, 3.8) is 0 Å². The summed E-state index contributed by atoms with van der Waals surface area (Å²) in [6, 6.07) is 8.46. The van der Waals surface area contributed by atoms with Crippen LogP contribution in [0, 0.1) is 5.82 Å². The fraction of sp³-hybridized carbons (Fsp3) is 0.250. The number of nitrogens with zero attached hydrogens (tertiary/aromatic N) is 5. The highest BCUT2D eigenvalue weighted by Gasteiger charge is 2.22. The second-order valence-electron chi connectivity index (χ2n) is 8.68. The molecule has 4 heterocycles. The summed E-state index contributed by atoms with van der Waals surface area (Å²) in [5.74, 6) is 0.321. The van der Waals surface area contributed by atoms with Crippen LogP contribution in [0.1, 0.15) is 30.7 Å². The lowest BCUT2D eigenvalue weighted by Crippen LogP contribution is -2.23. The smallest absolute Gasteiger partial charge is 0.278 e. The third-order valence-electron chi connectivity index (χ3n) is 5.72. The zero-order valence-electron chi connectivity index (χ0n) is 18.8. The summed E-state index contributed by atoms with van der Waals surface area (Å²) in [5, 5.41) is 16.9. The van der Waals surface area contributed by atoms with Gasteiger partial charge in [0.15, 0.2) is 11.5 Å². The Balaban J connectivity index is 1.64. The van der Waals surface area contributed by atoms with Gasteiger partial charge < -0.3 is 15.7 Å². The average molecular weight is 462 g/mol. The van der Waals surface area contributed by atoms with Crippen molar-refractivity contribution in [1.82, 2.24) is 29.6 Å². The van der Waals surface area contributed by atoms with Crippen LogP contribution in [0.2, 0.25) is 0 Å².